The van der Waals surface area contributed by atoms with Crippen LogP contribution in [0.15, 0.2) is 18.2 Å². The van der Waals surface area contributed by atoms with E-state index in [2.05, 4.69) is 62.7 Å². The fourth-order valence-electron chi connectivity index (χ4n) is 2.65. The van der Waals surface area contributed by atoms with Gasteiger partial charge in [0.1, 0.15) is 5.82 Å². The van der Waals surface area contributed by atoms with Crippen LogP contribution < -0.4 is 5.32 Å². The van der Waals surface area contributed by atoms with Crippen LogP contribution in [0.2, 0.25) is 0 Å². The number of rotatable bonds is 6. The molecule has 20 heavy (non-hydrogen) atoms. The second kappa shape index (κ2) is 6.40. The van der Waals surface area contributed by atoms with E-state index in [0.29, 0.717) is 12.1 Å². The number of hydrogen-bond donors (Lipinski definition) is 1. The molecule has 3 heteroatoms. The van der Waals surface area contributed by atoms with Crippen LogP contribution in [0.3, 0.4) is 0 Å². The molecule has 0 amide bonds. The van der Waals surface area contributed by atoms with Gasteiger partial charge in [0.2, 0.25) is 0 Å². The quantitative estimate of drug-likeness (QED) is 0.810. The maximum Gasteiger partial charge on any atom is 0.110 e. The summed E-state index contributed by atoms with van der Waals surface area (Å²) in [6, 6.07) is 7.57. The molecule has 1 aromatic carbocycles. The molecule has 0 aliphatic heterocycles. The summed E-state index contributed by atoms with van der Waals surface area (Å²) >= 11 is 0. The molecule has 3 nitrogen and oxygen atoms in total. The van der Waals surface area contributed by atoms with Crippen molar-refractivity contribution in [3.8, 4) is 0 Å². The first kappa shape index (κ1) is 15.0. The van der Waals surface area contributed by atoms with Crippen LogP contribution in [0, 0.1) is 6.92 Å². The molecule has 0 fully saturated rings. The zero-order chi connectivity index (χ0) is 14.7. The topological polar surface area (TPSA) is 29.9 Å². The van der Waals surface area contributed by atoms with Gasteiger partial charge in [0.15, 0.2) is 0 Å². The highest BCUT2D eigenvalue weighted by molar-refractivity contribution is 5.77. The van der Waals surface area contributed by atoms with Crippen LogP contribution in [-0.4, -0.2) is 22.1 Å². The summed E-state index contributed by atoms with van der Waals surface area (Å²) in [6.45, 7) is 12.0. The van der Waals surface area contributed by atoms with Crippen LogP contribution in [0.25, 0.3) is 11.0 Å². The van der Waals surface area contributed by atoms with Gasteiger partial charge in [0, 0.05) is 18.5 Å². The minimum atomic E-state index is 0.454. The van der Waals surface area contributed by atoms with Gasteiger partial charge < -0.3 is 9.88 Å². The zero-order valence-electron chi connectivity index (χ0n) is 13.4. The fraction of sp³-hybridized carbons (Fsp3) is 0.588. The molecule has 1 heterocycles. The molecule has 1 aromatic heterocycles. The van der Waals surface area contributed by atoms with Crippen LogP contribution in [0.4, 0.5) is 0 Å². The lowest BCUT2D eigenvalue weighted by Gasteiger charge is -2.13. The Hall–Kier alpha value is -1.35. The van der Waals surface area contributed by atoms with Gasteiger partial charge in [0.25, 0.3) is 0 Å². The van der Waals surface area contributed by atoms with Gasteiger partial charge in [-0.2, -0.15) is 0 Å². The third-order valence-corrected chi connectivity index (χ3v) is 3.56. The van der Waals surface area contributed by atoms with Gasteiger partial charge in [-0.1, -0.05) is 19.9 Å². The Morgan fingerprint density at radius 1 is 1.20 bits per heavy atom. The smallest absolute Gasteiger partial charge is 0.110 e. The van der Waals surface area contributed by atoms with Gasteiger partial charge in [-0.25, -0.2) is 4.98 Å². The maximum absolute atomic E-state index is 4.85. The Kier molecular flexibility index (Phi) is 4.81. The third-order valence-electron chi connectivity index (χ3n) is 3.56. The molecular formula is C17H27N3. The minimum absolute atomic E-state index is 0.454. The number of aromatic nitrogens is 2. The lowest BCUT2D eigenvalue weighted by Crippen LogP contribution is -2.24. The third kappa shape index (κ3) is 3.40. The van der Waals surface area contributed by atoms with Crippen molar-refractivity contribution in [2.75, 3.05) is 6.54 Å². The van der Waals surface area contributed by atoms with E-state index in [1.54, 1.807) is 0 Å². The molecule has 0 aliphatic rings. The van der Waals surface area contributed by atoms with Crippen LogP contribution in [0.5, 0.6) is 0 Å². The summed E-state index contributed by atoms with van der Waals surface area (Å²) < 4.78 is 2.38. The van der Waals surface area contributed by atoms with Gasteiger partial charge in [-0.3, -0.25) is 0 Å². The molecule has 0 saturated carbocycles. The predicted molar refractivity (Wildman–Crippen MR) is 86.3 cm³/mol. The van der Waals surface area contributed by atoms with Crippen molar-refractivity contribution in [1.29, 1.82) is 0 Å². The first-order valence-electron chi connectivity index (χ1n) is 7.70. The average Bonchev–Trinajstić information content (AvgIpc) is 2.71. The molecule has 2 aromatic rings. The van der Waals surface area contributed by atoms with Crippen molar-refractivity contribution in [2.45, 2.75) is 59.5 Å². The van der Waals surface area contributed by atoms with E-state index in [1.165, 1.54) is 16.9 Å². The molecule has 0 bridgehead atoms. The molecule has 0 unspecified atom stereocenters. The number of benzene rings is 1. The minimum Gasteiger partial charge on any atom is -0.325 e. The van der Waals surface area contributed by atoms with Crippen LogP contribution in [-0.2, 0) is 6.42 Å². The molecule has 2 rings (SSSR count). The highest BCUT2D eigenvalue weighted by Gasteiger charge is 2.12. The van der Waals surface area contributed by atoms with E-state index in [1.807, 2.05) is 0 Å². The van der Waals surface area contributed by atoms with E-state index >= 15 is 0 Å². The first-order chi connectivity index (χ1) is 9.49. The van der Waals surface area contributed by atoms with E-state index in [4.69, 9.17) is 4.98 Å². The molecule has 0 saturated heterocycles. The molecule has 110 valence electrons. The Labute approximate surface area is 122 Å². The summed E-state index contributed by atoms with van der Waals surface area (Å²) in [5.41, 5.74) is 3.67. The highest BCUT2D eigenvalue weighted by Crippen LogP contribution is 2.22. The number of aryl methyl sites for hydroxylation is 2. The van der Waals surface area contributed by atoms with Gasteiger partial charge in [-0.15, -0.1) is 0 Å². The van der Waals surface area contributed by atoms with Crippen molar-refractivity contribution >= 4 is 11.0 Å². The second-order valence-corrected chi connectivity index (χ2v) is 6.20. The zero-order valence-corrected chi connectivity index (χ0v) is 13.4. The normalized spacial score (nSPS) is 11.9. The lowest BCUT2D eigenvalue weighted by atomic mass is 10.2. The van der Waals surface area contributed by atoms with E-state index < -0.39 is 0 Å². The molecular weight excluding hydrogens is 246 g/mol. The molecule has 0 spiro atoms. The summed E-state index contributed by atoms with van der Waals surface area (Å²) in [5.74, 6) is 1.21. The van der Waals surface area contributed by atoms with Crippen molar-refractivity contribution in [3.05, 3.63) is 29.6 Å². The van der Waals surface area contributed by atoms with Crippen molar-refractivity contribution in [3.63, 3.8) is 0 Å². The summed E-state index contributed by atoms with van der Waals surface area (Å²) in [6.07, 6.45) is 2.17. The average molecular weight is 273 g/mol. The first-order valence-corrected chi connectivity index (χ1v) is 7.70. The fourth-order valence-corrected chi connectivity index (χ4v) is 2.65. The standard InChI is InChI=1S/C17H27N3/c1-12(2)18-10-6-7-17-19-15-11-14(5)8-9-16(15)20(17)13(3)4/h8-9,11-13,18H,6-7,10H2,1-5H3. The van der Waals surface area contributed by atoms with Crippen LogP contribution in [0.1, 0.15) is 51.5 Å². The molecule has 0 atom stereocenters. The number of nitrogens with one attached hydrogen (secondary N) is 1. The van der Waals surface area contributed by atoms with Crippen molar-refractivity contribution < 1.29 is 0 Å². The summed E-state index contributed by atoms with van der Waals surface area (Å²) in [7, 11) is 0. The Morgan fingerprint density at radius 2 is 1.95 bits per heavy atom. The molecule has 0 radical (unpaired) electrons. The Morgan fingerprint density at radius 3 is 2.60 bits per heavy atom. The maximum atomic E-state index is 4.85. The van der Waals surface area contributed by atoms with Gasteiger partial charge in [0.05, 0.1) is 11.0 Å². The highest BCUT2D eigenvalue weighted by atomic mass is 15.1. The Bertz CT molecular complexity index is 567. The summed E-state index contributed by atoms with van der Waals surface area (Å²) in [5, 5.41) is 3.47. The predicted octanol–water partition coefficient (Wildman–Crippen LogP) is 3.86. The largest absolute Gasteiger partial charge is 0.325 e. The van der Waals surface area contributed by atoms with Crippen LogP contribution >= 0.6 is 0 Å². The molecule has 1 N–H and O–H groups in total. The van der Waals surface area contributed by atoms with Gasteiger partial charge >= 0.3 is 0 Å². The van der Waals surface area contributed by atoms with Gasteiger partial charge in [-0.05, 0) is 51.4 Å². The van der Waals surface area contributed by atoms with E-state index in [9.17, 15) is 0 Å². The summed E-state index contributed by atoms with van der Waals surface area (Å²) in [4.78, 5) is 4.85. The van der Waals surface area contributed by atoms with Crippen molar-refractivity contribution in [1.82, 2.24) is 14.9 Å². The Balaban J connectivity index is 2.21. The van der Waals surface area contributed by atoms with E-state index in [-0.39, 0.29) is 0 Å². The SMILES string of the molecule is Cc1ccc2c(c1)nc(CCCNC(C)C)n2C(C)C. The monoisotopic (exact) mass is 273 g/mol. The number of fused-ring (bicyclic) bond motifs is 1. The van der Waals surface area contributed by atoms with Crippen molar-refractivity contribution in [2.24, 2.45) is 0 Å². The molecule has 0 aliphatic carbocycles. The number of nitrogens with zero attached hydrogens (tertiary/aromatic N) is 2. The second-order valence-electron chi connectivity index (χ2n) is 6.20. The number of hydrogen-bond acceptors (Lipinski definition) is 2. The van der Waals surface area contributed by atoms with E-state index in [0.717, 1.165) is 24.9 Å². The lowest BCUT2D eigenvalue weighted by molar-refractivity contribution is 0.541. The number of imidazole rings is 1.